The van der Waals surface area contributed by atoms with Gasteiger partial charge in [-0.05, 0) is 43.7 Å². The fourth-order valence-electron chi connectivity index (χ4n) is 2.20. The number of thioether (sulfide) groups is 1. The number of carbonyl (C=O) groups excluding carboxylic acids is 1. The number of carbonyl (C=O) groups is 1. The van der Waals surface area contributed by atoms with Gasteiger partial charge in [-0.2, -0.15) is 0 Å². The van der Waals surface area contributed by atoms with Gasteiger partial charge in [-0.3, -0.25) is 4.79 Å². The van der Waals surface area contributed by atoms with Crippen molar-refractivity contribution in [2.75, 3.05) is 11.1 Å². The van der Waals surface area contributed by atoms with E-state index in [1.165, 1.54) is 23.1 Å². The molecule has 2 heterocycles. The molecule has 1 atom stereocenters. The lowest BCUT2D eigenvalue weighted by molar-refractivity contribution is -0.119. The van der Waals surface area contributed by atoms with Crippen molar-refractivity contribution >= 4 is 51.4 Å². The average Bonchev–Trinajstić information content (AvgIpc) is 3.29. The highest BCUT2D eigenvalue weighted by Gasteiger charge is 2.14. The molecule has 6 nitrogen and oxygen atoms in total. The van der Waals surface area contributed by atoms with Gasteiger partial charge in [0, 0.05) is 10.7 Å². The summed E-state index contributed by atoms with van der Waals surface area (Å²) in [6.07, 6.45) is 1.59. The van der Waals surface area contributed by atoms with Crippen LogP contribution in [0.1, 0.15) is 24.3 Å². The molecule has 0 spiro atoms. The number of aromatic nitrogens is 2. The third-order valence-electron chi connectivity index (χ3n) is 3.59. The molecule has 0 aliphatic carbocycles. The van der Waals surface area contributed by atoms with Gasteiger partial charge < -0.3 is 15.1 Å². The van der Waals surface area contributed by atoms with Crippen molar-refractivity contribution < 1.29 is 9.21 Å². The van der Waals surface area contributed by atoms with Crippen LogP contribution in [0.2, 0.25) is 5.02 Å². The molecular formula is C17H17ClN4O2S2. The summed E-state index contributed by atoms with van der Waals surface area (Å²) in [5.41, 5.74) is 1.83. The molecule has 1 amide bonds. The Hall–Kier alpha value is -2.03. The van der Waals surface area contributed by atoms with Crippen LogP contribution in [0.3, 0.4) is 0 Å². The van der Waals surface area contributed by atoms with Gasteiger partial charge in [0.15, 0.2) is 4.34 Å². The number of rotatable bonds is 7. The molecule has 136 valence electrons. The zero-order valence-electron chi connectivity index (χ0n) is 14.2. The number of amides is 1. The van der Waals surface area contributed by atoms with Crippen LogP contribution in [0.5, 0.6) is 0 Å². The lowest BCUT2D eigenvalue weighted by Gasteiger charge is -2.10. The van der Waals surface area contributed by atoms with Crippen LogP contribution in [-0.4, -0.2) is 21.9 Å². The Morgan fingerprint density at radius 2 is 2.19 bits per heavy atom. The van der Waals surface area contributed by atoms with E-state index in [1.807, 2.05) is 38.1 Å². The Labute approximate surface area is 164 Å². The van der Waals surface area contributed by atoms with E-state index in [9.17, 15) is 4.79 Å². The molecule has 0 aliphatic rings. The Kier molecular flexibility index (Phi) is 6.18. The van der Waals surface area contributed by atoms with Crippen LogP contribution in [0.4, 0.5) is 10.8 Å². The van der Waals surface area contributed by atoms with Crippen molar-refractivity contribution in [3.05, 3.63) is 52.9 Å². The zero-order chi connectivity index (χ0) is 18.5. The highest BCUT2D eigenvalue weighted by Crippen LogP contribution is 2.30. The molecule has 0 saturated carbocycles. The number of halogens is 1. The van der Waals surface area contributed by atoms with Crippen molar-refractivity contribution in [1.82, 2.24) is 15.5 Å². The van der Waals surface area contributed by atoms with E-state index in [-0.39, 0.29) is 17.7 Å². The molecule has 2 N–H and O–H groups in total. The molecular weight excluding hydrogens is 392 g/mol. The minimum atomic E-state index is -0.171. The van der Waals surface area contributed by atoms with Gasteiger partial charge in [0.25, 0.3) is 0 Å². The first kappa shape index (κ1) is 18.8. The average molecular weight is 409 g/mol. The number of anilines is 2. The molecule has 0 radical (unpaired) electrons. The number of nitrogens with one attached hydrogen (secondary N) is 2. The van der Waals surface area contributed by atoms with Crippen LogP contribution < -0.4 is 10.6 Å². The highest BCUT2D eigenvalue weighted by molar-refractivity contribution is 8.01. The molecule has 0 bridgehead atoms. The molecule has 3 aromatic rings. The monoisotopic (exact) mass is 408 g/mol. The van der Waals surface area contributed by atoms with E-state index in [0.29, 0.717) is 14.5 Å². The normalized spacial score (nSPS) is 12.0. The van der Waals surface area contributed by atoms with Crippen LogP contribution >= 0.6 is 34.7 Å². The van der Waals surface area contributed by atoms with Gasteiger partial charge in [0.2, 0.25) is 11.0 Å². The molecule has 3 rings (SSSR count). The number of furan rings is 1. The number of hydrogen-bond donors (Lipinski definition) is 2. The van der Waals surface area contributed by atoms with E-state index >= 15 is 0 Å². The second kappa shape index (κ2) is 8.57. The van der Waals surface area contributed by atoms with E-state index in [0.717, 1.165) is 17.0 Å². The molecule has 26 heavy (non-hydrogen) atoms. The summed E-state index contributed by atoms with van der Waals surface area (Å²) in [5, 5.41) is 15.6. The fraction of sp³-hybridized carbons (Fsp3) is 0.235. The first-order chi connectivity index (χ1) is 12.5. The molecule has 0 fully saturated rings. The Morgan fingerprint density at radius 3 is 2.96 bits per heavy atom. The smallest absolute Gasteiger partial charge is 0.231 e. The SMILES string of the molecule is Cc1c(Cl)cccc1Nc1nnc(SCC(=O)NC(C)c2ccco2)s1. The largest absolute Gasteiger partial charge is 0.467 e. The summed E-state index contributed by atoms with van der Waals surface area (Å²) in [6, 6.07) is 9.10. The lowest BCUT2D eigenvalue weighted by atomic mass is 10.2. The predicted molar refractivity (Wildman–Crippen MR) is 105 cm³/mol. The first-order valence-corrected chi connectivity index (χ1v) is 10.0. The van der Waals surface area contributed by atoms with Crippen LogP contribution in [0.25, 0.3) is 0 Å². The predicted octanol–water partition coefficient (Wildman–Crippen LogP) is 4.81. The quantitative estimate of drug-likeness (QED) is 0.546. The zero-order valence-corrected chi connectivity index (χ0v) is 16.5. The van der Waals surface area contributed by atoms with Crippen molar-refractivity contribution in [3.63, 3.8) is 0 Å². The fourth-order valence-corrected chi connectivity index (χ4v) is 3.95. The first-order valence-electron chi connectivity index (χ1n) is 7.84. The molecule has 9 heteroatoms. The molecule has 1 aromatic carbocycles. The summed E-state index contributed by atoms with van der Waals surface area (Å²) >= 11 is 8.85. The van der Waals surface area contributed by atoms with E-state index in [1.54, 1.807) is 12.3 Å². The minimum absolute atomic E-state index is 0.0886. The van der Waals surface area contributed by atoms with Crippen LogP contribution in [0.15, 0.2) is 45.4 Å². The minimum Gasteiger partial charge on any atom is -0.467 e. The Bertz CT molecular complexity index is 883. The van der Waals surface area contributed by atoms with Gasteiger partial charge in [0.05, 0.1) is 18.1 Å². The molecule has 0 saturated heterocycles. The highest BCUT2D eigenvalue weighted by atomic mass is 35.5. The van der Waals surface area contributed by atoms with Gasteiger partial charge in [-0.1, -0.05) is 40.8 Å². The second-order valence-corrected chi connectivity index (χ2v) is 8.11. The summed E-state index contributed by atoms with van der Waals surface area (Å²) in [5.74, 6) is 0.896. The van der Waals surface area contributed by atoms with E-state index in [2.05, 4.69) is 20.8 Å². The van der Waals surface area contributed by atoms with E-state index < -0.39 is 0 Å². The van der Waals surface area contributed by atoms with Gasteiger partial charge in [-0.15, -0.1) is 10.2 Å². The van der Waals surface area contributed by atoms with Crippen LogP contribution in [-0.2, 0) is 4.79 Å². The number of hydrogen-bond acceptors (Lipinski definition) is 7. The summed E-state index contributed by atoms with van der Waals surface area (Å²) in [7, 11) is 0. The maximum atomic E-state index is 12.1. The maximum absolute atomic E-state index is 12.1. The van der Waals surface area contributed by atoms with Crippen molar-refractivity contribution in [3.8, 4) is 0 Å². The third-order valence-corrected chi connectivity index (χ3v) is 5.97. The van der Waals surface area contributed by atoms with Crippen molar-refractivity contribution in [2.45, 2.75) is 24.2 Å². The van der Waals surface area contributed by atoms with Crippen molar-refractivity contribution in [1.29, 1.82) is 0 Å². The number of benzene rings is 1. The second-order valence-electron chi connectivity index (χ2n) is 5.50. The summed E-state index contributed by atoms with van der Waals surface area (Å²) in [6.45, 7) is 3.81. The standard InChI is InChI=1S/C17H17ClN4O2S2/c1-10-12(18)5-3-6-13(10)20-16-21-22-17(26-16)25-9-15(23)19-11(2)14-7-4-8-24-14/h3-8,11H,9H2,1-2H3,(H,19,23)(H,20,21). The van der Waals surface area contributed by atoms with Gasteiger partial charge >= 0.3 is 0 Å². The molecule has 2 aromatic heterocycles. The Balaban J connectivity index is 1.52. The van der Waals surface area contributed by atoms with Crippen molar-refractivity contribution in [2.24, 2.45) is 0 Å². The third kappa shape index (κ3) is 4.78. The Morgan fingerprint density at radius 1 is 1.35 bits per heavy atom. The maximum Gasteiger partial charge on any atom is 0.231 e. The summed E-state index contributed by atoms with van der Waals surface area (Å²) in [4.78, 5) is 12.1. The number of nitrogens with zero attached hydrogens (tertiary/aromatic N) is 2. The lowest BCUT2D eigenvalue weighted by Crippen LogP contribution is -2.27. The summed E-state index contributed by atoms with van der Waals surface area (Å²) < 4.78 is 5.99. The molecule has 1 unspecified atom stereocenters. The van der Waals surface area contributed by atoms with Crippen LogP contribution in [0, 0.1) is 6.92 Å². The van der Waals surface area contributed by atoms with E-state index in [4.69, 9.17) is 16.0 Å². The topological polar surface area (TPSA) is 80.0 Å². The van der Waals surface area contributed by atoms with Gasteiger partial charge in [-0.25, -0.2) is 0 Å². The molecule has 0 aliphatic heterocycles. The van der Waals surface area contributed by atoms with Gasteiger partial charge in [0.1, 0.15) is 5.76 Å².